The Labute approximate surface area is 274 Å². The molecular formula is C23H31N11O11P2S. The van der Waals surface area contributed by atoms with Crippen LogP contribution in [-0.4, -0.2) is 105 Å². The third-order valence-electron chi connectivity index (χ3n) is 9.16. The topological polar surface area (TPSA) is 302 Å². The molecule has 7 rings (SSSR count). The van der Waals surface area contributed by atoms with Gasteiger partial charge < -0.3 is 35.5 Å². The monoisotopic (exact) mass is 731 g/mol. The lowest BCUT2D eigenvalue weighted by Crippen LogP contribution is -2.41. The van der Waals surface area contributed by atoms with Gasteiger partial charge in [0, 0.05) is 12.5 Å². The zero-order valence-electron chi connectivity index (χ0n) is 25.3. The molecule has 3 aliphatic rings. The van der Waals surface area contributed by atoms with Crippen LogP contribution in [0.4, 0.5) is 11.8 Å². The number of aliphatic hydroxyl groups is 1. The first-order chi connectivity index (χ1) is 22.6. The van der Waals surface area contributed by atoms with Gasteiger partial charge in [-0.3, -0.25) is 27.9 Å². The minimum atomic E-state index is -5.02. The average Bonchev–Trinajstić information content (AvgIpc) is 3.76. The number of phosphoric ester groups is 1. The number of hydrogen-bond donors (Lipinski definition) is 6. The van der Waals surface area contributed by atoms with Crippen molar-refractivity contribution in [2.24, 2.45) is 11.3 Å². The number of nitrogens with one attached hydrogen (secondary N) is 1. The van der Waals surface area contributed by atoms with Gasteiger partial charge in [-0.25, -0.2) is 24.1 Å². The summed E-state index contributed by atoms with van der Waals surface area (Å²) in [7, 11) is -3.74. The van der Waals surface area contributed by atoms with Gasteiger partial charge in [-0.1, -0.05) is 31.3 Å². The maximum absolute atomic E-state index is 13.8. The van der Waals surface area contributed by atoms with E-state index in [-0.39, 0.29) is 22.9 Å². The molecule has 1 aliphatic carbocycles. The highest BCUT2D eigenvalue weighted by Gasteiger charge is 2.61. The van der Waals surface area contributed by atoms with Crippen LogP contribution in [0.2, 0.25) is 0 Å². The standard InChI is InChI=1S/C23H31N11O11P2S/c1-8-12(33-7-28-10-17(24)26-6-27-18(10)33)13(35)16-23(8,2)5-42-46(37,38)44-15-14(40-3)9(4-41-47(39,48)45-16)43-21(15)34-19-11(31-32-34)20(36)30-22(25)29-19/h6-9,12-16,21,35H,4-5H2,1-3H3,(H,37,38)(H,39,48)(H2,24,26,27)(H3,25,29,30,36). The molecule has 48 heavy (non-hydrogen) atoms. The predicted octanol–water partition coefficient (Wildman–Crippen LogP) is -0.0552. The summed E-state index contributed by atoms with van der Waals surface area (Å²) in [6.45, 7) is -2.03. The lowest BCUT2D eigenvalue weighted by molar-refractivity contribution is -0.0700. The molecule has 2 saturated heterocycles. The second kappa shape index (κ2) is 11.8. The third-order valence-corrected chi connectivity index (χ3v) is 11.7. The average molecular weight is 732 g/mol. The molecule has 0 aromatic carbocycles. The number of aliphatic hydroxyl groups excluding tert-OH is 1. The second-order valence-corrected chi connectivity index (χ2v) is 16.2. The highest BCUT2D eigenvalue weighted by atomic mass is 32.7. The van der Waals surface area contributed by atoms with Crippen LogP contribution >= 0.6 is 26.9 Å². The van der Waals surface area contributed by atoms with E-state index < -0.39 is 87.5 Å². The van der Waals surface area contributed by atoms with Crippen molar-refractivity contribution in [2.45, 2.75) is 56.6 Å². The molecule has 2 aliphatic heterocycles. The summed E-state index contributed by atoms with van der Waals surface area (Å²) in [6.07, 6.45) is -5.27. The number of H-pyrrole nitrogens is 1. The van der Waals surface area contributed by atoms with Gasteiger partial charge in [-0.05, 0) is 5.92 Å². The van der Waals surface area contributed by atoms with E-state index in [1.165, 1.54) is 19.8 Å². The van der Waals surface area contributed by atoms with Gasteiger partial charge in [-0.15, -0.1) is 5.10 Å². The van der Waals surface area contributed by atoms with Crippen LogP contribution in [0.1, 0.15) is 26.1 Å². The van der Waals surface area contributed by atoms with Crippen LogP contribution in [0.15, 0.2) is 17.4 Å². The third kappa shape index (κ3) is 5.42. The summed E-state index contributed by atoms with van der Waals surface area (Å²) in [6, 6.07) is -0.839. The van der Waals surface area contributed by atoms with E-state index in [1.807, 2.05) is 0 Å². The Hall–Kier alpha value is -3.08. The Kier molecular flexibility index (Phi) is 8.19. The summed E-state index contributed by atoms with van der Waals surface area (Å²) >= 11 is 4.19. The molecule has 4 aromatic heterocycles. The molecule has 0 amide bonds. The Morgan fingerprint density at radius 1 is 1.17 bits per heavy atom. The van der Waals surface area contributed by atoms with Crippen LogP contribution in [-0.2, 0) is 36.7 Å². The SMILES string of the molecule is COC1C2COP(=O)(S)OC3C(O)C(n4cnc5c(N)ncnc54)C(C)C3(C)COP(=O)(O)OC1C(n1nnc3c(=O)[nH]c(N)nc31)O2. The fourth-order valence-electron chi connectivity index (χ4n) is 6.62. The van der Waals surface area contributed by atoms with Crippen LogP contribution in [0.5, 0.6) is 0 Å². The number of phosphoric acid groups is 1. The highest BCUT2D eigenvalue weighted by molar-refractivity contribution is 8.44. The quantitative estimate of drug-likeness (QED) is 0.119. The molecular weight excluding hydrogens is 700 g/mol. The number of thiol groups is 1. The van der Waals surface area contributed by atoms with Gasteiger partial charge in [0.1, 0.15) is 42.4 Å². The molecule has 260 valence electrons. The molecule has 7 N–H and O–H groups in total. The van der Waals surface area contributed by atoms with E-state index in [0.717, 1.165) is 4.68 Å². The van der Waals surface area contributed by atoms with Crippen molar-refractivity contribution in [2.75, 3.05) is 31.8 Å². The first-order valence-electron chi connectivity index (χ1n) is 14.4. The Bertz CT molecular complexity index is 2050. The number of ether oxygens (including phenoxy) is 2. The van der Waals surface area contributed by atoms with E-state index in [2.05, 4.69) is 47.5 Å². The van der Waals surface area contributed by atoms with Crippen molar-refractivity contribution in [3.63, 3.8) is 0 Å². The number of aromatic amines is 1. The fourth-order valence-corrected chi connectivity index (χ4v) is 9.20. The lowest BCUT2D eigenvalue weighted by atomic mass is 9.79. The second-order valence-electron chi connectivity index (χ2n) is 11.9. The summed E-state index contributed by atoms with van der Waals surface area (Å²) in [5, 5.41) is 19.5. The minimum absolute atomic E-state index is 0.119. The van der Waals surface area contributed by atoms with Gasteiger partial charge >= 0.3 is 14.6 Å². The summed E-state index contributed by atoms with van der Waals surface area (Å²) in [4.78, 5) is 42.4. The number of nitrogen functional groups attached to an aromatic ring is 2. The fraction of sp³-hybridized carbons (Fsp3) is 0.609. The molecule has 0 spiro atoms. The maximum Gasteiger partial charge on any atom is 0.472 e. The van der Waals surface area contributed by atoms with Gasteiger partial charge in [0.05, 0.1) is 25.6 Å². The zero-order chi connectivity index (χ0) is 34.3. The number of methoxy groups -OCH3 is 1. The molecule has 11 unspecified atom stereocenters. The number of rotatable bonds is 3. The molecule has 4 aromatic rings. The van der Waals surface area contributed by atoms with Gasteiger partial charge in [0.15, 0.2) is 28.9 Å². The van der Waals surface area contributed by atoms with Crippen LogP contribution < -0.4 is 17.0 Å². The van der Waals surface area contributed by atoms with Crippen molar-refractivity contribution in [3.8, 4) is 0 Å². The first kappa shape index (κ1) is 33.4. The normalized spacial score (nSPS) is 39.2. The molecule has 1 saturated carbocycles. The maximum atomic E-state index is 13.8. The molecule has 6 heterocycles. The molecule has 11 atom stereocenters. The van der Waals surface area contributed by atoms with E-state index in [9.17, 15) is 23.9 Å². The minimum Gasteiger partial charge on any atom is -0.388 e. The summed E-state index contributed by atoms with van der Waals surface area (Å²) < 4.78 is 64.6. The van der Waals surface area contributed by atoms with E-state index in [0.29, 0.717) is 11.2 Å². The van der Waals surface area contributed by atoms with E-state index in [4.69, 9.17) is 39.0 Å². The zero-order valence-corrected chi connectivity index (χ0v) is 28.0. The summed E-state index contributed by atoms with van der Waals surface area (Å²) in [5.74, 6) is -0.761. The molecule has 0 radical (unpaired) electrons. The van der Waals surface area contributed by atoms with Crippen molar-refractivity contribution >= 4 is 61.0 Å². The number of aromatic nitrogens is 9. The number of nitrogens with two attached hydrogens (primary N) is 2. The highest BCUT2D eigenvalue weighted by Crippen LogP contribution is 2.63. The molecule has 3 fully saturated rings. The molecule has 25 heteroatoms. The Morgan fingerprint density at radius 2 is 1.94 bits per heavy atom. The van der Waals surface area contributed by atoms with Crippen molar-refractivity contribution in [1.82, 2.24) is 44.5 Å². The predicted molar refractivity (Wildman–Crippen MR) is 165 cm³/mol. The van der Waals surface area contributed by atoms with Crippen molar-refractivity contribution in [1.29, 1.82) is 0 Å². The number of hydrogen-bond acceptors (Lipinski definition) is 18. The van der Waals surface area contributed by atoms with Crippen LogP contribution in [0.3, 0.4) is 0 Å². The molecule has 22 nitrogen and oxygen atoms in total. The number of imidazole rings is 1. The largest absolute Gasteiger partial charge is 0.472 e. The van der Waals surface area contributed by atoms with Crippen molar-refractivity contribution in [3.05, 3.63) is 23.0 Å². The number of nitrogens with zero attached hydrogens (tertiary/aromatic N) is 8. The Balaban J connectivity index is 1.27. The van der Waals surface area contributed by atoms with Crippen LogP contribution in [0, 0.1) is 11.3 Å². The van der Waals surface area contributed by atoms with Crippen molar-refractivity contribution < 1.29 is 46.7 Å². The first-order valence-corrected chi connectivity index (χ1v) is 18.5. The Morgan fingerprint density at radius 3 is 2.69 bits per heavy atom. The summed E-state index contributed by atoms with van der Waals surface area (Å²) in [5.41, 5.74) is 9.94. The molecule has 2 bridgehead atoms. The van der Waals surface area contributed by atoms with Crippen LogP contribution in [0.25, 0.3) is 22.3 Å². The van der Waals surface area contributed by atoms with Gasteiger partial charge in [-0.2, -0.15) is 9.67 Å². The van der Waals surface area contributed by atoms with Gasteiger partial charge in [0.2, 0.25) is 5.95 Å². The van der Waals surface area contributed by atoms with Gasteiger partial charge in [0.25, 0.3) is 5.56 Å². The number of fused-ring (bicyclic) bond motifs is 5. The van der Waals surface area contributed by atoms with E-state index >= 15 is 0 Å². The number of anilines is 2. The lowest BCUT2D eigenvalue weighted by Gasteiger charge is -2.36. The smallest absolute Gasteiger partial charge is 0.388 e. The van der Waals surface area contributed by atoms with E-state index in [1.54, 1.807) is 18.4 Å².